The number of nitro groups is 1. The fourth-order valence-corrected chi connectivity index (χ4v) is 9.50. The number of ether oxygens (including phenoxy) is 2. The molecule has 4 N–H and O–H groups in total. The summed E-state index contributed by atoms with van der Waals surface area (Å²) in [5.74, 6) is 1.30. The van der Waals surface area contributed by atoms with E-state index >= 15 is 0 Å². The molecule has 0 atom stereocenters. The fraction of sp³-hybridized carbons (Fsp3) is 0.357. The van der Waals surface area contributed by atoms with Crippen LogP contribution in [0.1, 0.15) is 55.3 Å². The van der Waals surface area contributed by atoms with Gasteiger partial charge in [-0.15, -0.1) is 0 Å². The Hall–Kier alpha value is -7.96. The maximum Gasteiger partial charge on any atom is 0.294 e. The molecule has 18 nitrogen and oxygen atoms in total. The summed E-state index contributed by atoms with van der Waals surface area (Å²) in [7, 11) is 6.15. The molecule has 8 aromatic rings. The van der Waals surface area contributed by atoms with Gasteiger partial charge in [0, 0.05) is 135 Å². The standard InChI is InChI=1S/C27H31N7O3.C27H33N7O.2CH4/c1-31(2)13-14-32(3)23-16-25(37-4)22(15-24(23)34(35)36)30-27-28-11-10-21(29-27)20-17-33-12-6-8-18-7-5-9-19(20)26(18)33;1-32(2)13-14-33(3)24-16-25(35-4)23(15-21(24)28)31-27-29-11-10-22(30-27)20-17-34-12-6-8-18-7-5-9-19(20)26(18)34;;/h5,7,9-11,15-17H,6,8,12-14H2,1-4H3,(H,28,29,30);5,7,9-11,15-17H,6,8,12-14,28H2,1-4H3,(H,29,30,31);2*1H4/i2*1D3,2D3;;. The van der Waals surface area contributed by atoms with E-state index in [1.54, 1.807) is 36.5 Å². The third-order valence-electron chi connectivity index (χ3n) is 13.0. The first-order valence-corrected chi connectivity index (χ1v) is 23.4. The molecule has 0 radical (unpaired) electrons. The van der Waals surface area contributed by atoms with Crippen molar-refractivity contribution in [3.05, 3.63) is 119 Å². The summed E-state index contributed by atoms with van der Waals surface area (Å²) in [6, 6.07) is 22.5. The zero-order valence-corrected chi connectivity index (χ0v) is 40.4. The third kappa shape index (κ3) is 11.3. The molecule has 4 aromatic heterocycles. The number of nitrogens with zero attached hydrogens (tertiary/aromatic N) is 11. The summed E-state index contributed by atoms with van der Waals surface area (Å²) in [6.45, 7) is -9.97. The smallest absolute Gasteiger partial charge is 0.294 e. The van der Waals surface area contributed by atoms with Crippen molar-refractivity contribution in [1.82, 2.24) is 38.9 Å². The molecule has 0 amide bonds. The van der Waals surface area contributed by atoms with Crippen LogP contribution in [0, 0.1) is 10.1 Å². The summed E-state index contributed by atoms with van der Waals surface area (Å²) in [6.07, 6.45) is 11.8. The Morgan fingerprint density at radius 3 is 1.64 bits per heavy atom. The number of methoxy groups -OCH3 is 2. The lowest BCUT2D eigenvalue weighted by molar-refractivity contribution is -0.384. The Kier molecular flexibility index (Phi) is 12.4. The maximum absolute atomic E-state index is 12.1. The van der Waals surface area contributed by atoms with E-state index in [0.29, 0.717) is 44.3 Å². The first-order chi connectivity index (χ1) is 39.6. The average molecular weight is 1020 g/mol. The van der Waals surface area contributed by atoms with Crippen molar-refractivity contribution < 1.29 is 30.8 Å². The quantitative estimate of drug-likeness (QED) is 0.0444. The van der Waals surface area contributed by atoms with Gasteiger partial charge in [-0.25, -0.2) is 19.9 Å². The molecular weight excluding hydrogens is 933 g/mol. The van der Waals surface area contributed by atoms with Gasteiger partial charge in [-0.1, -0.05) is 51.3 Å². The van der Waals surface area contributed by atoms with Gasteiger partial charge in [0.2, 0.25) is 11.9 Å². The van der Waals surface area contributed by atoms with E-state index in [-0.39, 0.29) is 69.8 Å². The lowest BCUT2D eigenvalue weighted by Crippen LogP contribution is -2.29. The van der Waals surface area contributed by atoms with Crippen LogP contribution >= 0.6 is 0 Å². The van der Waals surface area contributed by atoms with Crippen LogP contribution in [0.4, 0.5) is 46.0 Å². The van der Waals surface area contributed by atoms with Crippen molar-refractivity contribution in [3.63, 3.8) is 0 Å². The zero-order chi connectivity index (χ0) is 60.6. The van der Waals surface area contributed by atoms with Crippen LogP contribution in [-0.2, 0) is 25.9 Å². The molecule has 2 aliphatic rings. The van der Waals surface area contributed by atoms with E-state index in [1.165, 1.54) is 60.5 Å². The highest BCUT2D eigenvalue weighted by Crippen LogP contribution is 2.41. The number of para-hydroxylation sites is 2. The minimum absolute atomic E-state index is 0. The van der Waals surface area contributed by atoms with Gasteiger partial charge in [0.25, 0.3) is 5.69 Å². The molecule has 0 bridgehead atoms. The minimum atomic E-state index is -2.87. The highest BCUT2D eigenvalue weighted by molar-refractivity contribution is 5.98. The predicted molar refractivity (Wildman–Crippen MR) is 303 cm³/mol. The van der Waals surface area contributed by atoms with Gasteiger partial charge in [-0.3, -0.25) is 10.1 Å². The number of aromatic nitrogens is 6. The molecule has 18 heteroatoms. The number of nitrogens with two attached hydrogens (primary N) is 1. The molecule has 390 valence electrons. The monoisotopic (exact) mass is 1020 g/mol. The summed E-state index contributed by atoms with van der Waals surface area (Å²) in [5.41, 5.74) is 16.5. The SMILES string of the molecule is C.C.[2H]C([2H])([2H])N(CCN(C)c1cc(OC)c(Nc2nccc(-c3cn4c5c(cccc35)CCC4)n2)cc1N)C([2H])([2H])[2H].[2H]C([2H])([2H])N(CCN(C)c1cc(OC)c(Nc2nccc(-c3cn4c5c(cccc35)CCC4)n2)cc1[N+](=O)[O-])C([2H])([2H])[2H]. The summed E-state index contributed by atoms with van der Waals surface area (Å²) < 4.78 is 107. The molecule has 4 aromatic carbocycles. The maximum atomic E-state index is 12.1. The molecule has 10 rings (SSSR count). The summed E-state index contributed by atoms with van der Waals surface area (Å²) in [4.78, 5) is 33.8. The molecular formula is C56H72N14O4. The average Bonchev–Trinajstić information content (AvgIpc) is 1.65. The first-order valence-electron chi connectivity index (χ1n) is 29.4. The minimum Gasteiger partial charge on any atom is -0.494 e. The Morgan fingerprint density at radius 2 is 1.16 bits per heavy atom. The molecule has 6 heterocycles. The van der Waals surface area contributed by atoms with Crippen LogP contribution in [-0.4, -0.2) is 126 Å². The predicted octanol–water partition coefficient (Wildman–Crippen LogP) is 10.4. The van der Waals surface area contributed by atoms with E-state index in [1.807, 2.05) is 18.2 Å². The van der Waals surface area contributed by atoms with Crippen LogP contribution in [0.3, 0.4) is 0 Å². The number of hydrogen-bond donors (Lipinski definition) is 3. The molecule has 74 heavy (non-hydrogen) atoms. The number of hydrogen-bond acceptors (Lipinski definition) is 15. The second-order valence-corrected chi connectivity index (χ2v) is 17.6. The first kappa shape index (κ1) is 39.6. The number of rotatable bonds is 17. The number of nitrogen functional groups attached to an aromatic ring is 1. The van der Waals surface area contributed by atoms with E-state index in [0.717, 1.165) is 66.4 Å². The Morgan fingerprint density at radius 1 is 0.689 bits per heavy atom. The Labute approximate surface area is 451 Å². The van der Waals surface area contributed by atoms with Crippen molar-refractivity contribution in [3.8, 4) is 34.0 Å². The Balaban J connectivity index is 0.000000241. The Bertz CT molecular complexity index is 3690. The molecule has 0 fully saturated rings. The van der Waals surface area contributed by atoms with Gasteiger partial charge in [0.05, 0.1) is 64.3 Å². The molecule has 2 aliphatic heterocycles. The van der Waals surface area contributed by atoms with Gasteiger partial charge in [-0.05, 0) is 82.9 Å². The lowest BCUT2D eigenvalue weighted by Gasteiger charge is -2.24. The summed E-state index contributed by atoms with van der Waals surface area (Å²) >= 11 is 0. The van der Waals surface area contributed by atoms with E-state index < -0.39 is 32.8 Å². The van der Waals surface area contributed by atoms with Crippen LogP contribution in [0.25, 0.3) is 44.3 Å². The second kappa shape index (κ2) is 23.3. The molecule has 0 aliphatic carbocycles. The van der Waals surface area contributed by atoms with Gasteiger partial charge >= 0.3 is 0 Å². The van der Waals surface area contributed by atoms with Gasteiger partial charge < -0.3 is 54.6 Å². The van der Waals surface area contributed by atoms with Crippen molar-refractivity contribution in [2.75, 3.05) is 109 Å². The van der Waals surface area contributed by atoms with Gasteiger partial charge in [0.15, 0.2) is 0 Å². The van der Waals surface area contributed by atoms with Crippen LogP contribution in [0.15, 0.2) is 97.6 Å². The molecule has 0 saturated carbocycles. The number of anilines is 7. The van der Waals surface area contributed by atoms with E-state index in [9.17, 15) is 10.1 Å². The fourth-order valence-electron chi connectivity index (χ4n) is 9.50. The molecule has 0 unspecified atom stereocenters. The van der Waals surface area contributed by atoms with Crippen molar-refractivity contribution in [2.45, 2.75) is 53.6 Å². The highest BCUT2D eigenvalue weighted by Gasteiger charge is 2.24. The highest BCUT2D eigenvalue weighted by atomic mass is 16.6. The van der Waals surface area contributed by atoms with E-state index in [2.05, 4.69) is 72.5 Å². The topological polar surface area (TPSA) is 186 Å². The van der Waals surface area contributed by atoms with Crippen molar-refractivity contribution in [1.29, 1.82) is 0 Å². The molecule has 0 saturated heterocycles. The third-order valence-corrected chi connectivity index (χ3v) is 13.0. The number of nitro benzene ring substituents is 1. The largest absolute Gasteiger partial charge is 0.494 e. The number of benzene rings is 4. The van der Waals surface area contributed by atoms with Crippen molar-refractivity contribution in [2.24, 2.45) is 0 Å². The number of likely N-dealkylation sites (N-methyl/N-ethyl adjacent to an activating group) is 4. The normalized spacial score (nSPS) is 15.5. The van der Waals surface area contributed by atoms with Crippen LogP contribution in [0.5, 0.6) is 11.5 Å². The van der Waals surface area contributed by atoms with Crippen LogP contribution < -0.4 is 35.6 Å². The summed E-state index contributed by atoms with van der Waals surface area (Å²) in [5, 5.41) is 20.6. The molecule has 0 spiro atoms. The van der Waals surface area contributed by atoms with Crippen molar-refractivity contribution >= 4 is 67.8 Å². The lowest BCUT2D eigenvalue weighted by atomic mass is 10.0. The second-order valence-electron chi connectivity index (χ2n) is 17.6. The van der Waals surface area contributed by atoms with Gasteiger partial charge in [0.1, 0.15) is 17.2 Å². The number of nitrogens with one attached hydrogen (secondary N) is 2. The van der Waals surface area contributed by atoms with E-state index in [4.69, 9.17) is 41.6 Å². The van der Waals surface area contributed by atoms with Gasteiger partial charge in [-0.2, -0.15) is 0 Å². The van der Waals surface area contributed by atoms with Crippen LogP contribution in [0.2, 0.25) is 0 Å². The zero-order valence-electron chi connectivity index (χ0n) is 52.4. The number of aryl methyl sites for hydroxylation is 4.